The van der Waals surface area contributed by atoms with Crippen LogP contribution in [0.25, 0.3) is 0 Å². The molecular weight excluding hydrogens is 636 g/mol. The van der Waals surface area contributed by atoms with Crippen molar-refractivity contribution in [3.63, 3.8) is 0 Å². The molecule has 0 N–H and O–H groups in total. The Balaban J connectivity index is 1.73. The first kappa shape index (κ1) is 32.2. The number of rotatable bonds is 10. The number of halogens is 2. The maximum atomic E-state index is 3.74. The number of allylic oxidation sites excluding steroid dienone is 4. The van der Waals surface area contributed by atoms with Crippen LogP contribution in [0, 0.1) is 0 Å². The molecule has 222 valence electrons. The highest BCUT2D eigenvalue weighted by Gasteiger charge is 2.44. The third-order valence-electron chi connectivity index (χ3n) is 8.64. The molecule has 0 radical (unpaired) electrons. The van der Waals surface area contributed by atoms with Gasteiger partial charge in [-0.1, -0.05) is 51.8 Å². The van der Waals surface area contributed by atoms with Crippen LogP contribution in [0.5, 0.6) is 0 Å². The van der Waals surface area contributed by atoms with Crippen LogP contribution in [0.15, 0.2) is 69.3 Å². The zero-order valence-electron chi connectivity index (χ0n) is 27.0. The minimum Gasteiger partial charge on any atom is -0.344 e. The number of fused-ring (bicyclic) bond motifs is 2. The fourth-order valence-electron chi connectivity index (χ4n) is 6.41. The minimum atomic E-state index is -0.0754. The van der Waals surface area contributed by atoms with E-state index in [-0.39, 0.29) is 10.8 Å². The molecule has 0 bridgehead atoms. The molecule has 2 heterocycles. The summed E-state index contributed by atoms with van der Waals surface area (Å²) in [6, 6.07) is 13.6. The van der Waals surface area contributed by atoms with Crippen molar-refractivity contribution in [1.29, 1.82) is 0 Å². The van der Waals surface area contributed by atoms with Gasteiger partial charge in [0.15, 0.2) is 12.3 Å². The van der Waals surface area contributed by atoms with E-state index in [0.29, 0.717) is 0 Å². The van der Waals surface area contributed by atoms with Gasteiger partial charge in [-0.2, -0.15) is 4.58 Å². The molecule has 0 saturated carbocycles. The summed E-state index contributed by atoms with van der Waals surface area (Å²) in [6.07, 6.45) is 9.36. The van der Waals surface area contributed by atoms with Gasteiger partial charge < -0.3 is 13.9 Å². The van der Waals surface area contributed by atoms with E-state index in [1.54, 1.807) is 0 Å². The summed E-state index contributed by atoms with van der Waals surface area (Å²) in [5, 5.41) is 0. The molecule has 0 aromatic heterocycles. The molecule has 0 unspecified atom stereocenters. The lowest BCUT2D eigenvalue weighted by atomic mass is 9.81. The predicted octanol–water partition coefficient (Wildman–Crippen LogP) is 8.02. The first-order chi connectivity index (χ1) is 18.9. The Morgan fingerprint density at radius 3 is 2.00 bits per heavy atom. The van der Waals surface area contributed by atoms with Crippen molar-refractivity contribution < 1.29 is 13.5 Å². The molecule has 2 aliphatic heterocycles. The van der Waals surface area contributed by atoms with E-state index in [2.05, 4.69) is 166 Å². The lowest BCUT2D eigenvalue weighted by molar-refractivity contribution is -0.871. The van der Waals surface area contributed by atoms with E-state index < -0.39 is 0 Å². The van der Waals surface area contributed by atoms with E-state index in [1.807, 2.05) is 0 Å². The largest absolute Gasteiger partial charge is 0.344 e. The molecule has 4 rings (SSSR count). The van der Waals surface area contributed by atoms with E-state index in [1.165, 1.54) is 33.9 Å². The summed E-state index contributed by atoms with van der Waals surface area (Å²) in [6.45, 7) is 13.8. The molecule has 6 heteroatoms. The van der Waals surface area contributed by atoms with Crippen LogP contribution in [-0.2, 0) is 10.8 Å². The quantitative estimate of drug-likeness (QED) is 0.181. The van der Waals surface area contributed by atoms with Crippen LogP contribution >= 0.6 is 31.9 Å². The van der Waals surface area contributed by atoms with Crippen molar-refractivity contribution in [2.75, 3.05) is 73.4 Å². The number of quaternary nitrogens is 2. The third kappa shape index (κ3) is 7.09. The molecule has 0 saturated heterocycles. The molecule has 0 spiro atoms. The van der Waals surface area contributed by atoms with E-state index in [9.17, 15) is 0 Å². The Hall–Kier alpha value is -1.73. The van der Waals surface area contributed by atoms with Gasteiger partial charge in [-0.05, 0) is 55.8 Å². The lowest BCUT2D eigenvalue weighted by Crippen LogP contribution is -2.37. The van der Waals surface area contributed by atoms with E-state index in [4.69, 9.17) is 0 Å². The van der Waals surface area contributed by atoms with Crippen molar-refractivity contribution in [3.05, 3.63) is 80.4 Å². The number of nitrogens with zero attached hydrogens (tertiary/aromatic N) is 4. The topological polar surface area (TPSA) is 6.25 Å². The van der Waals surface area contributed by atoms with Crippen LogP contribution in [0.1, 0.15) is 51.7 Å². The maximum absolute atomic E-state index is 3.74. The van der Waals surface area contributed by atoms with Crippen LogP contribution in [-0.4, -0.2) is 87.7 Å². The van der Waals surface area contributed by atoms with Crippen molar-refractivity contribution >= 4 is 48.9 Å². The number of hydrogen-bond donors (Lipinski definition) is 0. The van der Waals surface area contributed by atoms with Gasteiger partial charge in [0.1, 0.15) is 0 Å². The smallest absolute Gasteiger partial charge is 0.209 e. The highest BCUT2D eigenvalue weighted by atomic mass is 79.9. The average Bonchev–Trinajstić information content (AvgIpc) is 3.16. The summed E-state index contributed by atoms with van der Waals surface area (Å²) in [4.78, 5) is 2.57. The molecule has 2 aromatic rings. The summed E-state index contributed by atoms with van der Waals surface area (Å²) in [5.41, 5.74) is 8.06. The zero-order valence-corrected chi connectivity index (χ0v) is 30.2. The lowest BCUT2D eigenvalue weighted by Gasteiger charge is -2.29. The van der Waals surface area contributed by atoms with Crippen molar-refractivity contribution in [2.45, 2.75) is 51.4 Å². The maximum Gasteiger partial charge on any atom is 0.209 e. The fraction of sp³-hybridized carbons (Fsp3) is 0.514. The molecule has 0 amide bonds. The Morgan fingerprint density at radius 2 is 1.37 bits per heavy atom. The van der Waals surface area contributed by atoms with E-state index >= 15 is 0 Å². The second kappa shape index (κ2) is 11.7. The first-order valence-corrected chi connectivity index (χ1v) is 16.5. The number of benzene rings is 2. The van der Waals surface area contributed by atoms with Crippen molar-refractivity contribution in [2.24, 2.45) is 0 Å². The van der Waals surface area contributed by atoms with Gasteiger partial charge in [0.2, 0.25) is 5.69 Å². The Labute approximate surface area is 266 Å². The fourth-order valence-corrected chi connectivity index (χ4v) is 7.14. The van der Waals surface area contributed by atoms with Gasteiger partial charge >= 0.3 is 0 Å². The second-order valence-electron chi connectivity index (χ2n) is 14.9. The van der Waals surface area contributed by atoms with Crippen molar-refractivity contribution in [1.82, 2.24) is 0 Å². The molecule has 0 aliphatic carbocycles. The minimum absolute atomic E-state index is 0.0754. The van der Waals surface area contributed by atoms with Crippen LogP contribution < -0.4 is 4.90 Å². The highest BCUT2D eigenvalue weighted by molar-refractivity contribution is 9.10. The highest BCUT2D eigenvalue weighted by Crippen LogP contribution is 2.49. The molecule has 4 nitrogen and oxygen atoms in total. The molecule has 2 aliphatic rings. The standard InChI is InChI=1S/C35H51Br2N4/c1-34(2)28-24-26(36)16-18-30(28)38(20-12-22-40(5,6)7)32(34)14-11-15-33-35(3,4)29-25-27(37)17-19-31(29)39(33)21-13-23-41(8,9)10/h11,14-19,24-25H,12-13,20-23H2,1-10H3/q+3. The SMILES string of the molecule is CC1(C)C(/C=C/C=C2\N(CCC[N+](C)(C)C)c3ccc(Br)cc3C2(C)C)=[N+](CCC[N+](C)(C)C)c2ccc(Br)cc21. The molecule has 0 fully saturated rings. The monoisotopic (exact) mass is 685 g/mol. The number of anilines is 1. The van der Waals surface area contributed by atoms with Gasteiger partial charge in [0.05, 0.1) is 67.2 Å². The molecule has 2 aromatic carbocycles. The zero-order chi connectivity index (χ0) is 30.4. The van der Waals surface area contributed by atoms with Gasteiger partial charge in [-0.3, -0.25) is 0 Å². The van der Waals surface area contributed by atoms with Gasteiger partial charge in [0, 0.05) is 56.4 Å². The second-order valence-corrected chi connectivity index (χ2v) is 16.7. The molecule has 0 atom stereocenters. The summed E-state index contributed by atoms with van der Waals surface area (Å²) in [7, 11) is 13.7. The van der Waals surface area contributed by atoms with Crippen LogP contribution in [0.2, 0.25) is 0 Å². The summed E-state index contributed by atoms with van der Waals surface area (Å²) >= 11 is 7.47. The normalized spacial score (nSPS) is 19.0. The average molecular weight is 688 g/mol. The Morgan fingerprint density at radius 1 is 0.780 bits per heavy atom. The Bertz CT molecular complexity index is 1380. The summed E-state index contributed by atoms with van der Waals surface area (Å²) in [5.74, 6) is 0. The van der Waals surface area contributed by atoms with Crippen LogP contribution in [0.3, 0.4) is 0 Å². The number of hydrogen-bond acceptors (Lipinski definition) is 1. The Kier molecular flexibility index (Phi) is 9.22. The van der Waals surface area contributed by atoms with Crippen molar-refractivity contribution in [3.8, 4) is 0 Å². The molecule has 41 heavy (non-hydrogen) atoms. The first-order valence-electron chi connectivity index (χ1n) is 14.9. The van der Waals surface area contributed by atoms with E-state index in [0.717, 1.165) is 56.9 Å². The third-order valence-corrected chi connectivity index (χ3v) is 9.62. The van der Waals surface area contributed by atoms with Gasteiger partial charge in [0.25, 0.3) is 0 Å². The predicted molar refractivity (Wildman–Crippen MR) is 184 cm³/mol. The van der Waals surface area contributed by atoms with Crippen LogP contribution in [0.4, 0.5) is 11.4 Å². The summed E-state index contributed by atoms with van der Waals surface area (Å²) < 4.78 is 6.82. The van der Waals surface area contributed by atoms with Gasteiger partial charge in [-0.15, -0.1) is 0 Å². The van der Waals surface area contributed by atoms with Gasteiger partial charge in [-0.25, -0.2) is 0 Å². The molecular formula is C35H51Br2N4+3.